The van der Waals surface area contributed by atoms with Gasteiger partial charge in [0.15, 0.2) is 0 Å². The summed E-state index contributed by atoms with van der Waals surface area (Å²) < 4.78 is 13.2. The number of hydrogen-bond acceptors (Lipinski definition) is 2. The zero-order chi connectivity index (χ0) is 10.9. The minimum absolute atomic E-state index is 0.266. The number of aryl methyl sites for hydroxylation is 1. The molecule has 1 fully saturated rings. The lowest BCUT2D eigenvalue weighted by Crippen LogP contribution is -2.32. The largest absolute Gasteiger partial charge is 0.235 e. The van der Waals surface area contributed by atoms with Crippen LogP contribution in [0.15, 0.2) is 23.2 Å². The van der Waals surface area contributed by atoms with Gasteiger partial charge in [-0.1, -0.05) is 6.07 Å². The van der Waals surface area contributed by atoms with Gasteiger partial charge in [-0.05, 0) is 49.4 Å². The fourth-order valence-electron chi connectivity index (χ4n) is 2.07. The molecule has 3 heteroatoms. The van der Waals surface area contributed by atoms with Crippen molar-refractivity contribution in [2.75, 3.05) is 0 Å². The van der Waals surface area contributed by atoms with E-state index in [1.165, 1.54) is 12.1 Å². The molecule has 1 aliphatic rings. The van der Waals surface area contributed by atoms with Crippen LogP contribution in [-0.4, -0.2) is 6.08 Å². The van der Waals surface area contributed by atoms with Crippen molar-refractivity contribution in [1.82, 2.24) is 0 Å². The van der Waals surface area contributed by atoms with E-state index in [0.717, 1.165) is 30.4 Å². The average Bonchev–Trinajstić information content (AvgIpc) is 2.09. The maximum absolute atomic E-state index is 13.2. The Morgan fingerprint density at radius 1 is 1.40 bits per heavy atom. The van der Waals surface area contributed by atoms with Crippen LogP contribution >= 0.6 is 0 Å². The number of isocyanates is 1. The van der Waals surface area contributed by atoms with E-state index in [-0.39, 0.29) is 5.82 Å². The van der Waals surface area contributed by atoms with Gasteiger partial charge in [0, 0.05) is 0 Å². The minimum atomic E-state index is -0.491. The van der Waals surface area contributed by atoms with E-state index >= 15 is 0 Å². The van der Waals surface area contributed by atoms with E-state index < -0.39 is 5.54 Å². The molecule has 2 nitrogen and oxygen atoms in total. The van der Waals surface area contributed by atoms with E-state index in [4.69, 9.17) is 0 Å². The second-order valence-electron chi connectivity index (χ2n) is 4.11. The van der Waals surface area contributed by atoms with Crippen LogP contribution in [0.4, 0.5) is 4.39 Å². The molecule has 15 heavy (non-hydrogen) atoms. The van der Waals surface area contributed by atoms with Gasteiger partial charge in [0.05, 0.1) is 5.54 Å². The Morgan fingerprint density at radius 3 is 2.60 bits per heavy atom. The molecule has 1 saturated carbocycles. The number of nitrogens with zero attached hydrogens (tertiary/aromatic N) is 1. The number of benzene rings is 1. The minimum Gasteiger partial charge on any atom is -0.211 e. The van der Waals surface area contributed by atoms with E-state index in [0.29, 0.717) is 0 Å². The van der Waals surface area contributed by atoms with Gasteiger partial charge in [0.25, 0.3) is 0 Å². The second kappa shape index (κ2) is 3.59. The highest BCUT2D eigenvalue weighted by atomic mass is 19.1. The van der Waals surface area contributed by atoms with Crippen molar-refractivity contribution >= 4 is 6.08 Å². The Bertz CT molecular complexity index is 411. The Kier molecular flexibility index (Phi) is 2.41. The van der Waals surface area contributed by atoms with Crippen LogP contribution in [0, 0.1) is 12.7 Å². The first-order valence-corrected chi connectivity index (χ1v) is 5.03. The Balaban J connectivity index is 2.47. The number of hydrogen-bond donors (Lipinski definition) is 0. The monoisotopic (exact) mass is 205 g/mol. The molecule has 0 amide bonds. The summed E-state index contributed by atoms with van der Waals surface area (Å²) in [5, 5.41) is 0. The number of halogens is 1. The SMILES string of the molecule is Cc1cc(F)cc(C2(N=C=O)CCC2)c1. The highest BCUT2D eigenvalue weighted by molar-refractivity contribution is 5.40. The van der Waals surface area contributed by atoms with Gasteiger partial charge in [-0.3, -0.25) is 0 Å². The van der Waals surface area contributed by atoms with Gasteiger partial charge in [-0.15, -0.1) is 0 Å². The number of carbonyl (C=O) groups excluding carboxylic acids is 1. The van der Waals surface area contributed by atoms with Crippen molar-refractivity contribution in [2.45, 2.75) is 31.7 Å². The molecule has 0 aromatic heterocycles. The highest BCUT2D eigenvalue weighted by Gasteiger charge is 2.39. The average molecular weight is 205 g/mol. The molecule has 0 unspecified atom stereocenters. The lowest BCUT2D eigenvalue weighted by atomic mass is 9.72. The molecule has 0 aliphatic heterocycles. The first-order chi connectivity index (χ1) is 7.16. The van der Waals surface area contributed by atoms with Gasteiger partial charge in [0.1, 0.15) is 5.82 Å². The molecule has 0 N–H and O–H groups in total. The molecule has 0 heterocycles. The molecule has 0 saturated heterocycles. The molecular weight excluding hydrogens is 193 g/mol. The highest BCUT2D eigenvalue weighted by Crippen LogP contribution is 2.44. The molecular formula is C12H12FNO. The molecule has 1 aliphatic carbocycles. The van der Waals surface area contributed by atoms with Crippen LogP contribution in [0.25, 0.3) is 0 Å². The molecule has 78 valence electrons. The third-order valence-electron chi connectivity index (χ3n) is 3.02. The van der Waals surface area contributed by atoms with Crippen LogP contribution in [0.2, 0.25) is 0 Å². The van der Waals surface area contributed by atoms with Crippen molar-refractivity contribution in [1.29, 1.82) is 0 Å². The molecule has 1 aromatic rings. The summed E-state index contributed by atoms with van der Waals surface area (Å²) in [7, 11) is 0. The predicted molar refractivity (Wildman–Crippen MR) is 54.8 cm³/mol. The molecule has 0 bridgehead atoms. The lowest BCUT2D eigenvalue weighted by molar-refractivity contribution is 0.255. The summed E-state index contributed by atoms with van der Waals surface area (Å²) >= 11 is 0. The van der Waals surface area contributed by atoms with Gasteiger partial charge in [-0.2, -0.15) is 4.99 Å². The zero-order valence-corrected chi connectivity index (χ0v) is 8.59. The maximum atomic E-state index is 13.2. The van der Waals surface area contributed by atoms with Crippen LogP contribution in [-0.2, 0) is 10.3 Å². The normalized spacial score (nSPS) is 17.7. The van der Waals surface area contributed by atoms with Gasteiger partial charge in [0.2, 0.25) is 6.08 Å². The van der Waals surface area contributed by atoms with Crippen molar-refractivity contribution in [2.24, 2.45) is 4.99 Å². The van der Waals surface area contributed by atoms with Crippen LogP contribution in [0.3, 0.4) is 0 Å². The van der Waals surface area contributed by atoms with Gasteiger partial charge < -0.3 is 0 Å². The Labute approximate surface area is 87.8 Å². The molecule has 2 rings (SSSR count). The fourth-order valence-corrected chi connectivity index (χ4v) is 2.07. The zero-order valence-electron chi connectivity index (χ0n) is 8.59. The summed E-state index contributed by atoms with van der Waals surface area (Å²) in [5.41, 5.74) is 1.17. The van der Waals surface area contributed by atoms with E-state index in [1.807, 2.05) is 13.0 Å². The molecule has 0 radical (unpaired) electrons. The summed E-state index contributed by atoms with van der Waals surface area (Å²) in [6, 6.07) is 4.83. The summed E-state index contributed by atoms with van der Waals surface area (Å²) in [5.74, 6) is -0.266. The Hall–Kier alpha value is -1.47. The topological polar surface area (TPSA) is 29.4 Å². The third-order valence-corrected chi connectivity index (χ3v) is 3.02. The molecule has 0 atom stereocenters. The Morgan fingerprint density at radius 2 is 2.13 bits per heavy atom. The smallest absolute Gasteiger partial charge is 0.211 e. The quantitative estimate of drug-likeness (QED) is 0.539. The first-order valence-electron chi connectivity index (χ1n) is 5.03. The lowest BCUT2D eigenvalue weighted by Gasteiger charge is -2.37. The van der Waals surface area contributed by atoms with E-state index in [2.05, 4.69) is 4.99 Å². The van der Waals surface area contributed by atoms with E-state index in [9.17, 15) is 9.18 Å². The standard InChI is InChI=1S/C12H12FNO/c1-9-5-10(7-11(13)6-9)12(14-8-15)3-2-4-12/h5-7H,2-4H2,1H3. The number of aliphatic imine (C=N–C) groups is 1. The van der Waals surface area contributed by atoms with Crippen molar-refractivity contribution in [3.8, 4) is 0 Å². The number of rotatable bonds is 2. The predicted octanol–water partition coefficient (Wildman–Crippen LogP) is 2.85. The van der Waals surface area contributed by atoms with Gasteiger partial charge in [-0.25, -0.2) is 9.18 Å². The van der Waals surface area contributed by atoms with Crippen LogP contribution in [0.1, 0.15) is 30.4 Å². The first kappa shape index (κ1) is 10.1. The van der Waals surface area contributed by atoms with Crippen LogP contribution in [0.5, 0.6) is 0 Å². The summed E-state index contributed by atoms with van der Waals surface area (Å²) in [4.78, 5) is 14.2. The summed E-state index contributed by atoms with van der Waals surface area (Å²) in [6.07, 6.45) is 4.25. The summed E-state index contributed by atoms with van der Waals surface area (Å²) in [6.45, 7) is 1.84. The van der Waals surface area contributed by atoms with Crippen molar-refractivity contribution in [3.63, 3.8) is 0 Å². The van der Waals surface area contributed by atoms with Gasteiger partial charge >= 0.3 is 0 Å². The molecule has 1 aromatic carbocycles. The second-order valence-corrected chi connectivity index (χ2v) is 4.11. The third kappa shape index (κ3) is 1.71. The maximum Gasteiger partial charge on any atom is 0.235 e. The van der Waals surface area contributed by atoms with E-state index in [1.54, 1.807) is 6.08 Å². The van der Waals surface area contributed by atoms with Crippen molar-refractivity contribution < 1.29 is 9.18 Å². The molecule has 0 spiro atoms. The van der Waals surface area contributed by atoms with Crippen molar-refractivity contribution in [3.05, 3.63) is 35.1 Å². The van der Waals surface area contributed by atoms with Crippen LogP contribution < -0.4 is 0 Å². The fraction of sp³-hybridized carbons (Fsp3) is 0.417.